The van der Waals surface area contributed by atoms with Crippen molar-refractivity contribution in [1.82, 2.24) is 10.4 Å². The molecule has 0 atom stereocenters. The Labute approximate surface area is 129 Å². The molecule has 0 radical (unpaired) electrons. The number of hydrogen-bond acceptors (Lipinski definition) is 5. The topological polar surface area (TPSA) is 83.8 Å². The van der Waals surface area contributed by atoms with Crippen LogP contribution in [-0.4, -0.2) is 29.3 Å². The summed E-state index contributed by atoms with van der Waals surface area (Å²) >= 11 is 3.24. The zero-order valence-corrected chi connectivity index (χ0v) is 12.7. The van der Waals surface area contributed by atoms with Gasteiger partial charge >= 0.3 is 0 Å². The van der Waals surface area contributed by atoms with E-state index >= 15 is 0 Å². The first-order valence-electron chi connectivity index (χ1n) is 5.91. The molecular formula is C14H12BrN3O3. The third kappa shape index (κ3) is 4.03. The van der Waals surface area contributed by atoms with Gasteiger partial charge in [-0.15, -0.1) is 0 Å². The minimum atomic E-state index is -0.370. The van der Waals surface area contributed by atoms with Gasteiger partial charge in [0.25, 0.3) is 5.91 Å². The normalized spacial score (nSPS) is 10.6. The summed E-state index contributed by atoms with van der Waals surface area (Å²) < 4.78 is 5.69. The van der Waals surface area contributed by atoms with Crippen LogP contribution in [0.2, 0.25) is 0 Å². The molecule has 1 aromatic heterocycles. The second-order valence-electron chi connectivity index (χ2n) is 4.02. The molecular weight excluding hydrogens is 338 g/mol. The van der Waals surface area contributed by atoms with Crippen LogP contribution in [-0.2, 0) is 0 Å². The first kappa shape index (κ1) is 15.0. The number of hydrazone groups is 1. The Kier molecular flexibility index (Phi) is 4.89. The molecule has 0 saturated carbocycles. The van der Waals surface area contributed by atoms with E-state index in [9.17, 15) is 9.90 Å². The Morgan fingerprint density at radius 2 is 2.24 bits per heavy atom. The number of hydrogen-bond donors (Lipinski definition) is 2. The summed E-state index contributed by atoms with van der Waals surface area (Å²) in [5.41, 5.74) is 3.46. The minimum Gasteiger partial charge on any atom is -0.504 e. The van der Waals surface area contributed by atoms with Crippen molar-refractivity contribution >= 4 is 28.1 Å². The van der Waals surface area contributed by atoms with Crippen molar-refractivity contribution in [2.24, 2.45) is 5.10 Å². The molecule has 0 aliphatic carbocycles. The largest absolute Gasteiger partial charge is 0.504 e. The molecule has 6 nitrogen and oxygen atoms in total. The van der Waals surface area contributed by atoms with E-state index in [0.717, 1.165) is 0 Å². The van der Waals surface area contributed by atoms with E-state index < -0.39 is 0 Å². The Morgan fingerprint density at radius 1 is 1.43 bits per heavy atom. The van der Waals surface area contributed by atoms with Crippen LogP contribution in [0.15, 0.2) is 46.2 Å². The maximum atomic E-state index is 11.8. The van der Waals surface area contributed by atoms with Gasteiger partial charge in [-0.2, -0.15) is 5.10 Å². The number of aromatic nitrogens is 1. The summed E-state index contributed by atoms with van der Waals surface area (Å²) in [4.78, 5) is 15.7. The summed E-state index contributed by atoms with van der Waals surface area (Å²) in [6.07, 6.45) is 4.48. The highest BCUT2D eigenvalue weighted by Gasteiger charge is 2.05. The number of carbonyl (C=O) groups excluding carboxylic acids is 1. The van der Waals surface area contributed by atoms with Crippen molar-refractivity contribution < 1.29 is 14.6 Å². The molecule has 2 N–H and O–H groups in total. The number of pyridine rings is 1. The number of benzene rings is 1. The first-order valence-corrected chi connectivity index (χ1v) is 6.70. The zero-order chi connectivity index (χ0) is 15.2. The Bertz CT molecular complexity index is 689. The van der Waals surface area contributed by atoms with E-state index in [-0.39, 0.29) is 11.7 Å². The molecule has 0 spiro atoms. The SMILES string of the molecule is COc1cc(/C=N/NC(=O)c2cncc(Br)c2)ccc1O. The predicted molar refractivity (Wildman–Crippen MR) is 81.7 cm³/mol. The fourth-order valence-electron chi connectivity index (χ4n) is 1.54. The monoisotopic (exact) mass is 349 g/mol. The highest BCUT2D eigenvalue weighted by Crippen LogP contribution is 2.25. The van der Waals surface area contributed by atoms with Crippen molar-refractivity contribution in [2.45, 2.75) is 0 Å². The quantitative estimate of drug-likeness (QED) is 0.655. The van der Waals surface area contributed by atoms with E-state index in [1.54, 1.807) is 24.4 Å². The van der Waals surface area contributed by atoms with Gasteiger partial charge < -0.3 is 9.84 Å². The van der Waals surface area contributed by atoms with E-state index in [2.05, 4.69) is 31.4 Å². The van der Waals surface area contributed by atoms with E-state index in [1.807, 2.05) is 0 Å². The van der Waals surface area contributed by atoms with E-state index in [0.29, 0.717) is 21.3 Å². The van der Waals surface area contributed by atoms with Crippen molar-refractivity contribution in [2.75, 3.05) is 7.11 Å². The fraction of sp³-hybridized carbons (Fsp3) is 0.0714. The second kappa shape index (κ2) is 6.85. The van der Waals surface area contributed by atoms with Gasteiger partial charge in [-0.05, 0) is 45.8 Å². The Balaban J connectivity index is 2.04. The molecule has 0 fully saturated rings. The van der Waals surface area contributed by atoms with Gasteiger partial charge in [0, 0.05) is 16.9 Å². The number of phenolic OH excluding ortho intramolecular Hbond substituents is 1. The van der Waals surface area contributed by atoms with E-state index in [4.69, 9.17) is 4.74 Å². The van der Waals surface area contributed by atoms with Crippen molar-refractivity contribution in [1.29, 1.82) is 0 Å². The lowest BCUT2D eigenvalue weighted by molar-refractivity contribution is 0.0954. The van der Waals surface area contributed by atoms with Crippen LogP contribution < -0.4 is 10.2 Å². The van der Waals surface area contributed by atoms with Gasteiger partial charge in [0.15, 0.2) is 11.5 Å². The lowest BCUT2D eigenvalue weighted by Gasteiger charge is -2.03. The molecule has 1 amide bonds. The standard InChI is InChI=1S/C14H12BrN3O3/c1-21-13-4-9(2-3-12(13)19)6-17-18-14(20)10-5-11(15)8-16-7-10/h2-8,19H,1H3,(H,18,20)/b17-6+. The number of aromatic hydroxyl groups is 1. The smallest absolute Gasteiger partial charge is 0.272 e. The molecule has 108 valence electrons. The summed E-state index contributed by atoms with van der Waals surface area (Å²) in [5, 5.41) is 13.3. The number of phenols is 1. The molecule has 7 heteroatoms. The van der Waals surface area contributed by atoms with Crippen LogP contribution in [0.1, 0.15) is 15.9 Å². The van der Waals surface area contributed by atoms with Crippen molar-refractivity contribution in [3.05, 3.63) is 52.3 Å². The van der Waals surface area contributed by atoms with Crippen molar-refractivity contribution in [3.8, 4) is 11.5 Å². The number of carbonyl (C=O) groups is 1. The summed E-state index contributed by atoms with van der Waals surface area (Å²) in [5.74, 6) is 0.00570. The van der Waals surface area contributed by atoms with Crippen LogP contribution in [0.5, 0.6) is 11.5 Å². The van der Waals surface area contributed by atoms with Gasteiger partial charge in [0.05, 0.1) is 18.9 Å². The zero-order valence-electron chi connectivity index (χ0n) is 11.1. The lowest BCUT2D eigenvalue weighted by atomic mass is 10.2. The number of nitrogens with one attached hydrogen (secondary N) is 1. The Morgan fingerprint density at radius 3 is 2.95 bits per heavy atom. The summed E-state index contributed by atoms with van der Waals surface area (Å²) in [6.45, 7) is 0. The van der Waals surface area contributed by atoms with Crippen LogP contribution in [0.25, 0.3) is 0 Å². The van der Waals surface area contributed by atoms with Gasteiger partial charge in [-0.3, -0.25) is 9.78 Å². The molecule has 0 unspecified atom stereocenters. The fourth-order valence-corrected chi connectivity index (χ4v) is 1.91. The van der Waals surface area contributed by atoms with Crippen LogP contribution in [0.3, 0.4) is 0 Å². The predicted octanol–water partition coefficient (Wildman–Crippen LogP) is 2.32. The lowest BCUT2D eigenvalue weighted by Crippen LogP contribution is -2.17. The molecule has 0 bridgehead atoms. The van der Waals surface area contributed by atoms with Gasteiger partial charge in [-0.25, -0.2) is 5.43 Å². The van der Waals surface area contributed by atoms with Gasteiger partial charge in [0.2, 0.25) is 0 Å². The molecule has 21 heavy (non-hydrogen) atoms. The molecule has 2 aromatic rings. The maximum Gasteiger partial charge on any atom is 0.272 e. The van der Waals surface area contributed by atoms with E-state index in [1.165, 1.54) is 25.6 Å². The molecule has 0 aliphatic rings. The van der Waals surface area contributed by atoms with Gasteiger partial charge in [0.1, 0.15) is 0 Å². The van der Waals surface area contributed by atoms with Crippen LogP contribution in [0, 0.1) is 0 Å². The second-order valence-corrected chi connectivity index (χ2v) is 4.94. The van der Waals surface area contributed by atoms with Crippen molar-refractivity contribution in [3.63, 3.8) is 0 Å². The molecule has 0 aliphatic heterocycles. The van der Waals surface area contributed by atoms with Crippen LogP contribution >= 0.6 is 15.9 Å². The number of methoxy groups -OCH3 is 1. The minimum absolute atomic E-state index is 0.0406. The van der Waals surface area contributed by atoms with Gasteiger partial charge in [-0.1, -0.05) is 0 Å². The highest BCUT2D eigenvalue weighted by molar-refractivity contribution is 9.10. The molecule has 2 rings (SSSR count). The maximum absolute atomic E-state index is 11.8. The number of nitrogens with zero attached hydrogens (tertiary/aromatic N) is 2. The average molecular weight is 350 g/mol. The average Bonchev–Trinajstić information content (AvgIpc) is 2.48. The molecule has 0 saturated heterocycles. The Hall–Kier alpha value is -2.41. The number of rotatable bonds is 4. The summed E-state index contributed by atoms with van der Waals surface area (Å²) in [7, 11) is 1.46. The number of halogens is 1. The number of amides is 1. The first-order chi connectivity index (χ1) is 10.1. The molecule has 1 heterocycles. The third-order valence-electron chi connectivity index (χ3n) is 2.55. The highest BCUT2D eigenvalue weighted by atomic mass is 79.9. The third-order valence-corrected chi connectivity index (χ3v) is 2.98. The molecule has 1 aromatic carbocycles. The number of ether oxygens (including phenoxy) is 1. The van der Waals surface area contributed by atoms with Crippen LogP contribution in [0.4, 0.5) is 0 Å². The summed E-state index contributed by atoms with van der Waals surface area (Å²) in [6, 6.07) is 6.38.